The molecule has 10 heteroatoms. The SMILES string of the molecule is CC(C)Oc1cc(C(F)(F)F)c2c3c(ccc2n1)N(CC(F)(F)F)[C@H](c1ccccc1)CO3. The van der Waals surface area contributed by atoms with Gasteiger partial charge in [0.2, 0.25) is 5.88 Å². The molecular formula is C23H20F6N2O2. The standard InChI is InChI=1S/C23H20F6N2O2/c1-13(2)33-19-10-15(23(27,28)29)20-16(30-19)8-9-17-21(20)32-11-18(14-6-4-3-5-7-14)31(17)12-22(24,25)26/h3-10,13,18H,11-12H2,1-2H3/t18-/m0/s1. The Hall–Kier alpha value is -3.17. The molecule has 1 atom stereocenters. The van der Waals surface area contributed by atoms with Gasteiger partial charge in [0, 0.05) is 6.07 Å². The lowest BCUT2D eigenvalue weighted by Crippen LogP contribution is -2.42. The van der Waals surface area contributed by atoms with E-state index in [2.05, 4.69) is 4.98 Å². The Labute approximate surface area is 185 Å². The van der Waals surface area contributed by atoms with Crippen molar-refractivity contribution in [3.63, 3.8) is 0 Å². The molecule has 0 N–H and O–H groups in total. The zero-order valence-corrected chi connectivity index (χ0v) is 17.7. The van der Waals surface area contributed by atoms with E-state index in [1.807, 2.05) is 0 Å². The molecule has 2 aromatic carbocycles. The van der Waals surface area contributed by atoms with E-state index in [1.54, 1.807) is 44.2 Å². The topological polar surface area (TPSA) is 34.6 Å². The maximum absolute atomic E-state index is 14.0. The molecule has 0 spiro atoms. The van der Waals surface area contributed by atoms with Gasteiger partial charge in [0.15, 0.2) is 5.75 Å². The summed E-state index contributed by atoms with van der Waals surface area (Å²) < 4.78 is 93.5. The van der Waals surface area contributed by atoms with Crippen molar-refractivity contribution in [1.29, 1.82) is 0 Å². The fraction of sp³-hybridized carbons (Fsp3) is 0.348. The van der Waals surface area contributed by atoms with Crippen LogP contribution in [0.25, 0.3) is 10.9 Å². The summed E-state index contributed by atoms with van der Waals surface area (Å²) in [6, 6.07) is 10.9. The molecule has 2 heterocycles. The highest BCUT2D eigenvalue weighted by Crippen LogP contribution is 2.48. The predicted octanol–water partition coefficient (Wildman–Crippen LogP) is 6.54. The van der Waals surface area contributed by atoms with Gasteiger partial charge in [-0.3, -0.25) is 0 Å². The lowest BCUT2D eigenvalue weighted by atomic mass is 10.00. The second-order valence-corrected chi connectivity index (χ2v) is 7.96. The Morgan fingerprint density at radius 1 is 1.06 bits per heavy atom. The van der Waals surface area contributed by atoms with Crippen LogP contribution in [0.3, 0.4) is 0 Å². The molecule has 0 aliphatic carbocycles. The van der Waals surface area contributed by atoms with Crippen LogP contribution in [0.2, 0.25) is 0 Å². The highest BCUT2D eigenvalue weighted by atomic mass is 19.4. The molecule has 1 aliphatic heterocycles. The van der Waals surface area contributed by atoms with Crippen molar-refractivity contribution in [3.8, 4) is 11.6 Å². The van der Waals surface area contributed by atoms with E-state index < -0.39 is 42.0 Å². The number of halogens is 6. The Bertz CT molecular complexity index is 1150. The summed E-state index contributed by atoms with van der Waals surface area (Å²) in [6.07, 6.45) is -9.81. The molecule has 0 saturated carbocycles. The lowest BCUT2D eigenvalue weighted by molar-refractivity contribution is -0.136. The Kier molecular flexibility index (Phi) is 5.79. The van der Waals surface area contributed by atoms with Crippen molar-refractivity contribution in [2.45, 2.75) is 38.3 Å². The quantitative estimate of drug-likeness (QED) is 0.406. The molecule has 4 nitrogen and oxygen atoms in total. The third-order valence-electron chi connectivity index (χ3n) is 5.15. The number of alkyl halides is 6. The van der Waals surface area contributed by atoms with E-state index in [0.717, 1.165) is 11.0 Å². The first-order valence-corrected chi connectivity index (χ1v) is 10.2. The van der Waals surface area contributed by atoms with Crippen LogP contribution >= 0.6 is 0 Å². The minimum absolute atomic E-state index is 0.0789. The average Bonchev–Trinajstić information content (AvgIpc) is 2.71. The third kappa shape index (κ3) is 4.79. The van der Waals surface area contributed by atoms with Crippen LogP contribution in [0.5, 0.6) is 11.6 Å². The molecule has 3 aromatic rings. The third-order valence-corrected chi connectivity index (χ3v) is 5.15. The van der Waals surface area contributed by atoms with Crippen molar-refractivity contribution < 1.29 is 35.8 Å². The summed E-state index contributed by atoms with van der Waals surface area (Å²) in [5.41, 5.74) is -0.679. The maximum atomic E-state index is 14.0. The number of aromatic nitrogens is 1. The number of fused-ring (bicyclic) bond motifs is 3. The van der Waals surface area contributed by atoms with Gasteiger partial charge in [-0.2, -0.15) is 26.3 Å². The van der Waals surface area contributed by atoms with E-state index >= 15 is 0 Å². The summed E-state index contributed by atoms with van der Waals surface area (Å²) in [5.74, 6) is -0.505. The van der Waals surface area contributed by atoms with Gasteiger partial charge in [-0.1, -0.05) is 30.3 Å². The first-order chi connectivity index (χ1) is 15.4. The van der Waals surface area contributed by atoms with Crippen molar-refractivity contribution in [2.75, 3.05) is 18.1 Å². The first-order valence-electron chi connectivity index (χ1n) is 10.2. The Balaban J connectivity index is 1.93. The lowest BCUT2D eigenvalue weighted by Gasteiger charge is -2.39. The molecule has 0 radical (unpaired) electrons. The average molecular weight is 470 g/mol. The molecule has 1 aromatic heterocycles. The number of rotatable bonds is 4. The van der Waals surface area contributed by atoms with Crippen LogP contribution in [0, 0.1) is 0 Å². The largest absolute Gasteiger partial charge is 0.488 e. The minimum Gasteiger partial charge on any atom is -0.488 e. The number of benzene rings is 2. The zero-order valence-electron chi connectivity index (χ0n) is 17.7. The fourth-order valence-electron chi connectivity index (χ4n) is 3.92. The van der Waals surface area contributed by atoms with E-state index in [9.17, 15) is 26.3 Å². The number of hydrogen-bond donors (Lipinski definition) is 0. The fourth-order valence-corrected chi connectivity index (χ4v) is 3.92. The monoisotopic (exact) mass is 470 g/mol. The van der Waals surface area contributed by atoms with Crippen LogP contribution in [0.1, 0.15) is 31.0 Å². The molecule has 0 fully saturated rings. The van der Waals surface area contributed by atoms with Gasteiger partial charge < -0.3 is 14.4 Å². The van der Waals surface area contributed by atoms with E-state index in [-0.39, 0.29) is 29.4 Å². The van der Waals surface area contributed by atoms with Crippen LogP contribution in [0.15, 0.2) is 48.5 Å². The second kappa shape index (κ2) is 8.31. The van der Waals surface area contributed by atoms with Gasteiger partial charge >= 0.3 is 12.4 Å². The number of nitrogens with zero attached hydrogens (tertiary/aromatic N) is 2. The van der Waals surface area contributed by atoms with Crippen molar-refractivity contribution >= 4 is 16.6 Å². The molecular weight excluding hydrogens is 450 g/mol. The van der Waals surface area contributed by atoms with Crippen molar-refractivity contribution in [2.24, 2.45) is 0 Å². The van der Waals surface area contributed by atoms with Crippen LogP contribution < -0.4 is 14.4 Å². The molecule has 0 bridgehead atoms. The molecule has 1 aliphatic rings. The summed E-state index contributed by atoms with van der Waals surface area (Å²) in [7, 11) is 0. The molecule has 0 amide bonds. The normalized spacial score (nSPS) is 16.6. The first kappa shape index (κ1) is 23.0. The van der Waals surface area contributed by atoms with Crippen LogP contribution in [-0.2, 0) is 6.18 Å². The molecule has 4 rings (SSSR count). The van der Waals surface area contributed by atoms with Crippen molar-refractivity contribution in [1.82, 2.24) is 4.98 Å². The maximum Gasteiger partial charge on any atom is 0.417 e. The van der Waals surface area contributed by atoms with Gasteiger partial charge in [-0.05, 0) is 31.5 Å². The highest BCUT2D eigenvalue weighted by Gasteiger charge is 2.41. The Morgan fingerprint density at radius 2 is 1.76 bits per heavy atom. The molecule has 0 unspecified atom stereocenters. The molecule has 176 valence electrons. The van der Waals surface area contributed by atoms with Crippen molar-refractivity contribution in [3.05, 3.63) is 59.7 Å². The van der Waals surface area contributed by atoms with Gasteiger partial charge in [0.1, 0.15) is 13.2 Å². The summed E-state index contributed by atoms with van der Waals surface area (Å²) >= 11 is 0. The molecule has 33 heavy (non-hydrogen) atoms. The summed E-state index contributed by atoms with van der Waals surface area (Å²) in [6.45, 7) is 1.69. The number of anilines is 1. The summed E-state index contributed by atoms with van der Waals surface area (Å²) in [5, 5.41) is -0.394. The van der Waals surface area contributed by atoms with Gasteiger partial charge in [-0.15, -0.1) is 0 Å². The second-order valence-electron chi connectivity index (χ2n) is 7.96. The summed E-state index contributed by atoms with van der Waals surface area (Å²) in [4.78, 5) is 5.17. The van der Waals surface area contributed by atoms with E-state index in [0.29, 0.717) is 5.56 Å². The minimum atomic E-state index is -4.81. The number of ether oxygens (including phenoxy) is 2. The Morgan fingerprint density at radius 3 is 2.36 bits per heavy atom. The highest BCUT2D eigenvalue weighted by molar-refractivity contribution is 5.95. The van der Waals surface area contributed by atoms with Crippen LogP contribution in [0.4, 0.5) is 32.0 Å². The van der Waals surface area contributed by atoms with E-state index in [1.165, 1.54) is 12.1 Å². The number of pyridine rings is 1. The predicted molar refractivity (Wildman–Crippen MR) is 111 cm³/mol. The zero-order chi connectivity index (χ0) is 24.0. The van der Waals surface area contributed by atoms with Gasteiger partial charge in [0.25, 0.3) is 0 Å². The van der Waals surface area contributed by atoms with E-state index in [4.69, 9.17) is 9.47 Å². The van der Waals surface area contributed by atoms with Crippen LogP contribution in [-0.4, -0.2) is 30.4 Å². The smallest absolute Gasteiger partial charge is 0.417 e. The van der Waals surface area contributed by atoms with Gasteiger partial charge in [0.05, 0.1) is 34.3 Å². The van der Waals surface area contributed by atoms with Gasteiger partial charge in [-0.25, -0.2) is 4.98 Å². The number of hydrogen-bond acceptors (Lipinski definition) is 4. The molecule has 0 saturated heterocycles.